The third-order valence-electron chi connectivity index (χ3n) is 6.98. The highest BCUT2D eigenvalue weighted by atomic mass is 16.5. The molecule has 0 aliphatic carbocycles. The van der Waals surface area contributed by atoms with E-state index in [0.29, 0.717) is 43.7 Å². The second kappa shape index (κ2) is 14.5. The predicted molar refractivity (Wildman–Crippen MR) is 151 cm³/mol. The molecule has 0 saturated carbocycles. The van der Waals surface area contributed by atoms with Gasteiger partial charge in [-0.1, -0.05) is 26.0 Å². The highest BCUT2D eigenvalue weighted by Crippen LogP contribution is 2.19. The molecule has 0 spiro atoms. The number of benzene rings is 1. The second-order valence-corrected chi connectivity index (χ2v) is 10.6. The average Bonchev–Trinajstić information content (AvgIpc) is 3.15. The fourth-order valence-corrected chi connectivity index (χ4v) is 4.73. The van der Waals surface area contributed by atoms with Gasteiger partial charge in [-0.05, 0) is 63.1 Å². The van der Waals surface area contributed by atoms with Gasteiger partial charge in [-0.25, -0.2) is 0 Å². The number of ether oxygens (including phenoxy) is 1. The van der Waals surface area contributed by atoms with Crippen molar-refractivity contribution in [2.75, 3.05) is 19.7 Å². The van der Waals surface area contributed by atoms with Crippen LogP contribution in [0.1, 0.15) is 66.8 Å². The Hall–Kier alpha value is -3.89. The Morgan fingerprint density at radius 3 is 2.62 bits per heavy atom. The zero-order valence-corrected chi connectivity index (χ0v) is 24.1. The molecule has 1 aliphatic rings. The van der Waals surface area contributed by atoms with Gasteiger partial charge in [0.2, 0.25) is 17.7 Å². The number of carbonyl (C=O) groups is 4. The predicted octanol–water partition coefficient (Wildman–Crippen LogP) is 1.70. The first-order valence-corrected chi connectivity index (χ1v) is 13.9. The van der Waals surface area contributed by atoms with E-state index in [1.165, 1.54) is 0 Å². The Balaban J connectivity index is 1.77. The van der Waals surface area contributed by atoms with Gasteiger partial charge in [0, 0.05) is 32.3 Å². The minimum absolute atomic E-state index is 0.0425. The van der Waals surface area contributed by atoms with Crippen LogP contribution in [0.4, 0.5) is 0 Å². The Bertz CT molecular complexity index is 1210. The Morgan fingerprint density at radius 1 is 1.18 bits per heavy atom. The summed E-state index contributed by atoms with van der Waals surface area (Å²) in [5, 5.41) is 15.8. The Labute approximate surface area is 235 Å². The smallest absolute Gasteiger partial charge is 0.255 e. The third kappa shape index (κ3) is 8.56. The number of nitrogens with one attached hydrogen (secondary N) is 4. The number of para-hydroxylation sites is 1. The van der Waals surface area contributed by atoms with Gasteiger partial charge in [0.05, 0.1) is 17.9 Å². The van der Waals surface area contributed by atoms with Crippen LogP contribution in [0.3, 0.4) is 0 Å². The Morgan fingerprint density at radius 2 is 1.93 bits per heavy atom. The molecule has 2 atom stereocenters. The standard InChI is InChI=1S/C29H42N6O5/c1-18(2)17-24-29(39)30-14-8-16-40-25-10-7-6-9-22(25)27(37)33-23(11-12-26(36)32-24)28(38)31-15-13-21-19(3)34-35(5)20(21)4/h6-7,9-10,18,23-24H,8,11-17H2,1-5H3,(H,30,39)(H,31,38)(H,32,36)(H,33,37)/t23-,24+/m0/s1. The first-order valence-electron chi connectivity index (χ1n) is 13.9. The molecule has 11 heteroatoms. The van der Waals surface area contributed by atoms with Gasteiger partial charge in [-0.2, -0.15) is 5.10 Å². The molecule has 218 valence electrons. The molecule has 3 rings (SSSR count). The Kier molecular flexibility index (Phi) is 11.1. The van der Waals surface area contributed by atoms with Crippen LogP contribution in [0.2, 0.25) is 0 Å². The van der Waals surface area contributed by atoms with E-state index in [1.54, 1.807) is 28.9 Å². The number of hydrogen-bond acceptors (Lipinski definition) is 6. The summed E-state index contributed by atoms with van der Waals surface area (Å²) in [5.41, 5.74) is 3.28. The van der Waals surface area contributed by atoms with Crippen molar-refractivity contribution in [2.45, 2.75) is 71.9 Å². The molecule has 0 radical (unpaired) electrons. The minimum atomic E-state index is -0.965. The van der Waals surface area contributed by atoms with Crippen LogP contribution in [0.15, 0.2) is 24.3 Å². The number of aromatic nitrogens is 2. The van der Waals surface area contributed by atoms with Crippen LogP contribution >= 0.6 is 0 Å². The molecule has 1 aromatic carbocycles. The van der Waals surface area contributed by atoms with Crippen molar-refractivity contribution in [3.8, 4) is 5.75 Å². The zero-order valence-electron chi connectivity index (χ0n) is 24.1. The van der Waals surface area contributed by atoms with E-state index in [0.717, 1.165) is 17.0 Å². The van der Waals surface area contributed by atoms with Gasteiger partial charge in [0.15, 0.2) is 0 Å². The van der Waals surface area contributed by atoms with Gasteiger partial charge in [-0.15, -0.1) is 0 Å². The first kappa shape index (κ1) is 30.6. The van der Waals surface area contributed by atoms with E-state index >= 15 is 0 Å². The fourth-order valence-electron chi connectivity index (χ4n) is 4.73. The van der Waals surface area contributed by atoms with Crippen molar-refractivity contribution in [3.05, 3.63) is 46.8 Å². The number of amides is 4. The summed E-state index contributed by atoms with van der Waals surface area (Å²) < 4.78 is 7.65. The van der Waals surface area contributed by atoms with Crippen molar-refractivity contribution in [3.63, 3.8) is 0 Å². The van der Waals surface area contributed by atoms with E-state index < -0.39 is 23.9 Å². The van der Waals surface area contributed by atoms with Crippen LogP contribution in [0.5, 0.6) is 5.75 Å². The maximum absolute atomic E-state index is 13.3. The number of nitrogens with zero attached hydrogens (tertiary/aromatic N) is 2. The number of rotatable bonds is 6. The normalized spacial score (nSPS) is 19.2. The molecule has 4 N–H and O–H groups in total. The second-order valence-electron chi connectivity index (χ2n) is 10.6. The maximum atomic E-state index is 13.3. The lowest BCUT2D eigenvalue weighted by Crippen LogP contribution is -2.50. The summed E-state index contributed by atoms with van der Waals surface area (Å²) in [6.07, 6.45) is 1.61. The summed E-state index contributed by atoms with van der Waals surface area (Å²) in [6.45, 7) is 8.87. The lowest BCUT2D eigenvalue weighted by atomic mass is 10.0. The lowest BCUT2D eigenvalue weighted by molar-refractivity contribution is -0.129. The van der Waals surface area contributed by atoms with Gasteiger partial charge in [0.25, 0.3) is 5.91 Å². The van der Waals surface area contributed by atoms with Crippen LogP contribution < -0.4 is 26.0 Å². The molecular formula is C29H42N6O5. The molecule has 0 saturated heterocycles. The van der Waals surface area contributed by atoms with Crippen LogP contribution in [0.25, 0.3) is 0 Å². The van der Waals surface area contributed by atoms with Crippen molar-refractivity contribution in [2.24, 2.45) is 13.0 Å². The largest absolute Gasteiger partial charge is 0.493 e. The topological polar surface area (TPSA) is 143 Å². The summed E-state index contributed by atoms with van der Waals surface area (Å²) in [7, 11) is 1.88. The highest BCUT2D eigenvalue weighted by Gasteiger charge is 2.26. The number of carbonyl (C=O) groups excluding carboxylic acids is 4. The minimum Gasteiger partial charge on any atom is -0.493 e. The maximum Gasteiger partial charge on any atom is 0.255 e. The number of aryl methyl sites for hydroxylation is 2. The van der Waals surface area contributed by atoms with E-state index in [-0.39, 0.29) is 37.2 Å². The van der Waals surface area contributed by atoms with E-state index in [9.17, 15) is 19.2 Å². The quantitative estimate of drug-likeness (QED) is 0.428. The molecule has 1 aliphatic heterocycles. The van der Waals surface area contributed by atoms with Gasteiger partial charge < -0.3 is 26.0 Å². The summed E-state index contributed by atoms with van der Waals surface area (Å²) >= 11 is 0. The van der Waals surface area contributed by atoms with Crippen molar-refractivity contribution in [1.29, 1.82) is 0 Å². The summed E-state index contributed by atoms with van der Waals surface area (Å²) in [5.74, 6) is -0.894. The van der Waals surface area contributed by atoms with E-state index in [1.807, 2.05) is 34.7 Å². The molecule has 11 nitrogen and oxygen atoms in total. The van der Waals surface area contributed by atoms with E-state index in [2.05, 4.69) is 26.4 Å². The van der Waals surface area contributed by atoms with Gasteiger partial charge >= 0.3 is 0 Å². The van der Waals surface area contributed by atoms with Crippen LogP contribution in [-0.4, -0.2) is 65.2 Å². The van der Waals surface area contributed by atoms with Crippen LogP contribution in [-0.2, 0) is 27.9 Å². The molecule has 0 bridgehead atoms. The average molecular weight is 555 g/mol. The van der Waals surface area contributed by atoms with Crippen molar-refractivity contribution in [1.82, 2.24) is 31.0 Å². The molecular weight excluding hydrogens is 512 g/mol. The highest BCUT2D eigenvalue weighted by molar-refractivity contribution is 5.99. The lowest BCUT2D eigenvalue weighted by Gasteiger charge is -2.22. The van der Waals surface area contributed by atoms with Crippen molar-refractivity contribution < 1.29 is 23.9 Å². The third-order valence-corrected chi connectivity index (χ3v) is 6.98. The molecule has 0 fully saturated rings. The fraction of sp³-hybridized carbons (Fsp3) is 0.552. The molecule has 40 heavy (non-hydrogen) atoms. The molecule has 0 unspecified atom stereocenters. The molecule has 4 amide bonds. The van der Waals surface area contributed by atoms with Crippen LogP contribution in [0, 0.1) is 19.8 Å². The summed E-state index contributed by atoms with van der Waals surface area (Å²) in [4.78, 5) is 52.2. The SMILES string of the molecule is Cc1nn(C)c(C)c1CCNC(=O)[C@@H]1CCC(=O)N[C@H](CC(C)C)C(=O)NCCCOc2ccccc2C(=O)N1. The molecule has 1 aromatic heterocycles. The number of fused-ring (bicyclic) bond motifs is 1. The molecule has 2 heterocycles. The van der Waals surface area contributed by atoms with E-state index in [4.69, 9.17) is 4.74 Å². The zero-order chi connectivity index (χ0) is 29.2. The number of hydrogen-bond donors (Lipinski definition) is 4. The summed E-state index contributed by atoms with van der Waals surface area (Å²) in [6, 6.07) is 5.15. The monoisotopic (exact) mass is 554 g/mol. The van der Waals surface area contributed by atoms with Gasteiger partial charge in [-0.3, -0.25) is 23.9 Å². The first-order chi connectivity index (χ1) is 19.1. The molecule has 2 aromatic rings. The van der Waals surface area contributed by atoms with Crippen molar-refractivity contribution >= 4 is 23.6 Å². The van der Waals surface area contributed by atoms with Gasteiger partial charge in [0.1, 0.15) is 17.8 Å².